The summed E-state index contributed by atoms with van der Waals surface area (Å²) in [5.41, 5.74) is 0.804. The summed E-state index contributed by atoms with van der Waals surface area (Å²) in [6.45, 7) is 19.7. The van der Waals surface area contributed by atoms with Crippen molar-refractivity contribution in [3.8, 4) is 0 Å². The molecule has 108 valence electrons. The molecule has 2 fully saturated rings. The molecule has 18 heavy (non-hydrogen) atoms. The molecule has 0 aromatic rings. The smallest absolute Gasteiger partial charge is 0.0578 e. The second kappa shape index (κ2) is 5.50. The molecular formula is C16H32O2. The number of hydrogen-bond acceptors (Lipinski definition) is 2. The first kappa shape index (κ1) is 16.0. The topological polar surface area (TPSA) is 18.5 Å². The highest BCUT2D eigenvalue weighted by molar-refractivity contribution is 4.85. The first-order chi connectivity index (χ1) is 8.08. The van der Waals surface area contributed by atoms with Gasteiger partial charge in [0, 0.05) is 0 Å². The Morgan fingerprint density at radius 3 is 1.00 bits per heavy atom. The molecule has 0 aliphatic carbocycles. The molecule has 0 spiro atoms. The Kier molecular flexibility index (Phi) is 4.88. The minimum atomic E-state index is 0.402. The minimum Gasteiger partial charge on any atom is -0.378 e. The Morgan fingerprint density at radius 1 is 0.667 bits per heavy atom. The van der Waals surface area contributed by atoms with Gasteiger partial charge in [-0.1, -0.05) is 41.5 Å². The fourth-order valence-electron chi connectivity index (χ4n) is 2.51. The van der Waals surface area contributed by atoms with E-state index in [2.05, 4.69) is 55.4 Å². The Morgan fingerprint density at radius 2 is 0.944 bits per heavy atom. The summed E-state index contributed by atoms with van der Waals surface area (Å²) < 4.78 is 11.0. The molecule has 2 aliphatic heterocycles. The fraction of sp³-hybridized carbons (Fsp3) is 1.00. The third kappa shape index (κ3) is 3.48. The lowest BCUT2D eigenvalue weighted by molar-refractivity contribution is 0.105. The molecule has 0 saturated carbocycles. The second-order valence-electron chi connectivity index (χ2n) is 7.59. The monoisotopic (exact) mass is 256 g/mol. The van der Waals surface area contributed by atoms with Gasteiger partial charge in [0.05, 0.1) is 25.4 Å². The molecule has 0 bridgehead atoms. The van der Waals surface area contributed by atoms with Crippen LogP contribution in [0.1, 0.15) is 55.4 Å². The highest BCUT2D eigenvalue weighted by Crippen LogP contribution is 2.37. The van der Waals surface area contributed by atoms with Gasteiger partial charge in [-0.15, -0.1) is 0 Å². The van der Waals surface area contributed by atoms with Crippen molar-refractivity contribution in [1.29, 1.82) is 0 Å². The van der Waals surface area contributed by atoms with Gasteiger partial charge in [-0.25, -0.2) is 0 Å². The molecule has 2 aliphatic rings. The van der Waals surface area contributed by atoms with Gasteiger partial charge in [0.1, 0.15) is 0 Å². The first-order valence-corrected chi connectivity index (χ1v) is 7.31. The number of rotatable bonds is 0. The molecule has 2 heteroatoms. The van der Waals surface area contributed by atoms with E-state index in [0.717, 1.165) is 13.2 Å². The lowest BCUT2D eigenvalue weighted by Gasteiger charge is -2.21. The van der Waals surface area contributed by atoms with Crippen LogP contribution in [0.25, 0.3) is 0 Å². The quantitative estimate of drug-likeness (QED) is 0.648. The molecule has 0 amide bonds. The largest absolute Gasteiger partial charge is 0.378 e. The summed E-state index contributed by atoms with van der Waals surface area (Å²) in [5.74, 6) is 1.41. The van der Waals surface area contributed by atoms with E-state index in [1.807, 2.05) is 0 Å². The van der Waals surface area contributed by atoms with Crippen LogP contribution < -0.4 is 0 Å². The van der Waals surface area contributed by atoms with Crippen molar-refractivity contribution >= 4 is 0 Å². The summed E-state index contributed by atoms with van der Waals surface area (Å²) in [6.07, 6.45) is 0.917. The molecule has 0 aromatic heterocycles. The molecular weight excluding hydrogens is 224 g/mol. The van der Waals surface area contributed by atoms with Crippen LogP contribution in [0.4, 0.5) is 0 Å². The van der Waals surface area contributed by atoms with Crippen molar-refractivity contribution in [3.63, 3.8) is 0 Å². The van der Waals surface area contributed by atoms with E-state index in [1.54, 1.807) is 0 Å². The van der Waals surface area contributed by atoms with E-state index in [-0.39, 0.29) is 0 Å². The average molecular weight is 256 g/mol. The molecule has 2 heterocycles. The molecule has 2 rings (SSSR count). The van der Waals surface area contributed by atoms with Crippen molar-refractivity contribution in [3.05, 3.63) is 0 Å². The zero-order valence-electron chi connectivity index (χ0n) is 13.5. The normalized spacial score (nSPS) is 41.3. The van der Waals surface area contributed by atoms with Gasteiger partial charge < -0.3 is 9.47 Å². The number of ether oxygens (including phenoxy) is 2. The maximum Gasteiger partial charge on any atom is 0.0578 e. The van der Waals surface area contributed by atoms with E-state index in [1.165, 1.54) is 0 Å². The maximum atomic E-state index is 5.48. The predicted molar refractivity (Wildman–Crippen MR) is 76.7 cm³/mol. The lowest BCUT2D eigenvalue weighted by Crippen LogP contribution is -2.21. The summed E-state index contributed by atoms with van der Waals surface area (Å²) in [6, 6.07) is 0. The zero-order valence-corrected chi connectivity index (χ0v) is 13.5. The predicted octanol–water partition coefficient (Wildman–Crippen LogP) is 4.13. The highest BCUT2D eigenvalue weighted by Gasteiger charge is 2.37. The van der Waals surface area contributed by atoms with Crippen LogP contribution in [0.15, 0.2) is 0 Å². The van der Waals surface area contributed by atoms with Gasteiger partial charge in [0.25, 0.3) is 0 Å². The van der Waals surface area contributed by atoms with Gasteiger partial charge >= 0.3 is 0 Å². The third-order valence-corrected chi connectivity index (χ3v) is 5.31. The molecule has 2 saturated heterocycles. The van der Waals surface area contributed by atoms with E-state index in [0.29, 0.717) is 34.9 Å². The van der Waals surface area contributed by atoms with Crippen molar-refractivity contribution in [2.24, 2.45) is 22.7 Å². The molecule has 0 aromatic carbocycles. The van der Waals surface area contributed by atoms with Gasteiger partial charge in [0.15, 0.2) is 0 Å². The van der Waals surface area contributed by atoms with Crippen LogP contribution >= 0.6 is 0 Å². The van der Waals surface area contributed by atoms with Crippen LogP contribution in [0, 0.1) is 22.7 Å². The Bertz CT molecular complexity index is 242. The van der Waals surface area contributed by atoms with E-state index in [9.17, 15) is 0 Å². The van der Waals surface area contributed by atoms with Gasteiger partial charge in [-0.05, 0) is 36.5 Å². The second-order valence-corrected chi connectivity index (χ2v) is 7.59. The highest BCUT2D eigenvalue weighted by atomic mass is 16.5. The van der Waals surface area contributed by atoms with Crippen molar-refractivity contribution in [2.75, 3.05) is 13.2 Å². The van der Waals surface area contributed by atoms with Gasteiger partial charge in [-0.3, -0.25) is 0 Å². The molecule has 0 N–H and O–H groups in total. The summed E-state index contributed by atoms with van der Waals surface area (Å²) in [5, 5.41) is 0. The zero-order chi connectivity index (χ0) is 14.1. The Balaban J connectivity index is 0.000000180. The fourth-order valence-corrected chi connectivity index (χ4v) is 2.51. The van der Waals surface area contributed by atoms with E-state index >= 15 is 0 Å². The van der Waals surface area contributed by atoms with Crippen molar-refractivity contribution < 1.29 is 9.47 Å². The van der Waals surface area contributed by atoms with E-state index < -0.39 is 0 Å². The SMILES string of the molecule is C[C@@H]1OCC(C)(C)[C@@H]1C.C[C@@H]1[C@@H](C)OCC1(C)C. The Labute approximate surface area is 113 Å². The third-order valence-electron chi connectivity index (χ3n) is 5.31. The van der Waals surface area contributed by atoms with Crippen LogP contribution in [-0.4, -0.2) is 25.4 Å². The summed E-state index contributed by atoms with van der Waals surface area (Å²) in [4.78, 5) is 0. The van der Waals surface area contributed by atoms with Gasteiger partial charge in [-0.2, -0.15) is 0 Å². The summed E-state index contributed by atoms with van der Waals surface area (Å²) >= 11 is 0. The lowest BCUT2D eigenvalue weighted by atomic mass is 9.81. The molecule has 4 atom stereocenters. The standard InChI is InChI=1S/2C8H16O/c2*1-6-7(2)9-5-8(6,3)4/h2*6-7H,5H2,1-4H3/t6-,7+;6-,7-/m11/s1. The molecule has 2 nitrogen and oxygen atoms in total. The van der Waals surface area contributed by atoms with Crippen LogP contribution in [-0.2, 0) is 9.47 Å². The average Bonchev–Trinajstić information content (AvgIpc) is 2.65. The van der Waals surface area contributed by atoms with Crippen molar-refractivity contribution in [1.82, 2.24) is 0 Å². The molecule has 0 radical (unpaired) electrons. The van der Waals surface area contributed by atoms with Crippen LogP contribution in [0.3, 0.4) is 0 Å². The van der Waals surface area contributed by atoms with Crippen LogP contribution in [0.2, 0.25) is 0 Å². The minimum absolute atomic E-state index is 0.402. The maximum absolute atomic E-state index is 5.48. The van der Waals surface area contributed by atoms with Gasteiger partial charge in [0.2, 0.25) is 0 Å². The summed E-state index contributed by atoms with van der Waals surface area (Å²) in [7, 11) is 0. The Hall–Kier alpha value is -0.0800. The number of hydrogen-bond donors (Lipinski definition) is 0. The van der Waals surface area contributed by atoms with Crippen molar-refractivity contribution in [2.45, 2.75) is 67.6 Å². The molecule has 0 unspecified atom stereocenters. The van der Waals surface area contributed by atoms with E-state index in [4.69, 9.17) is 9.47 Å². The van der Waals surface area contributed by atoms with Crippen LogP contribution in [0.5, 0.6) is 0 Å². The first-order valence-electron chi connectivity index (χ1n) is 7.31.